The average Bonchev–Trinajstić information content (AvgIpc) is 2.64. The topological polar surface area (TPSA) is 84.0 Å². The van der Waals surface area contributed by atoms with E-state index in [0.717, 1.165) is 0 Å². The van der Waals surface area contributed by atoms with Crippen LogP contribution in [0, 0.1) is 0 Å². The maximum atomic E-state index is 12.2. The molecule has 0 bridgehead atoms. The molecule has 0 fully saturated rings. The van der Waals surface area contributed by atoms with Crippen LogP contribution < -0.4 is 10.6 Å². The predicted octanol–water partition coefficient (Wildman–Crippen LogP) is 2.98. The van der Waals surface area contributed by atoms with Crippen LogP contribution in [-0.4, -0.2) is 21.8 Å². The highest BCUT2D eigenvalue weighted by Crippen LogP contribution is 2.18. The largest absolute Gasteiger partial charge is 0.318 e. The van der Waals surface area contributed by atoms with Crippen molar-refractivity contribution in [1.29, 1.82) is 0 Å². The summed E-state index contributed by atoms with van der Waals surface area (Å²) in [6, 6.07) is 17.5. The van der Waals surface area contributed by atoms with Gasteiger partial charge in [0.05, 0.1) is 6.20 Å². The molecule has 3 rings (SSSR count). The Morgan fingerprint density at radius 2 is 1.29 bits per heavy atom. The van der Waals surface area contributed by atoms with Gasteiger partial charge in [-0.3, -0.25) is 9.59 Å². The summed E-state index contributed by atoms with van der Waals surface area (Å²) < 4.78 is 0. The summed E-state index contributed by atoms with van der Waals surface area (Å²) in [5, 5.41) is 5.38. The third-order valence-corrected chi connectivity index (χ3v) is 3.26. The van der Waals surface area contributed by atoms with Crippen LogP contribution in [0.15, 0.2) is 73.2 Å². The van der Waals surface area contributed by atoms with Crippen LogP contribution in [0.2, 0.25) is 0 Å². The van der Waals surface area contributed by atoms with Gasteiger partial charge in [-0.1, -0.05) is 36.4 Å². The molecule has 0 radical (unpaired) electrons. The van der Waals surface area contributed by atoms with Crippen molar-refractivity contribution in [1.82, 2.24) is 9.97 Å². The second kappa shape index (κ2) is 7.15. The molecule has 24 heavy (non-hydrogen) atoms. The lowest BCUT2D eigenvalue weighted by molar-refractivity contribution is 0.101. The van der Waals surface area contributed by atoms with Crippen LogP contribution >= 0.6 is 0 Å². The van der Waals surface area contributed by atoms with Crippen LogP contribution in [-0.2, 0) is 0 Å². The zero-order valence-corrected chi connectivity index (χ0v) is 12.6. The van der Waals surface area contributed by atoms with Gasteiger partial charge < -0.3 is 10.6 Å². The number of nitrogens with one attached hydrogen (secondary N) is 2. The molecule has 0 unspecified atom stereocenters. The van der Waals surface area contributed by atoms with E-state index in [1.165, 1.54) is 12.5 Å². The molecule has 1 heterocycles. The Hall–Kier alpha value is -3.54. The van der Waals surface area contributed by atoms with Crippen molar-refractivity contribution in [3.63, 3.8) is 0 Å². The highest BCUT2D eigenvalue weighted by atomic mass is 16.2. The Morgan fingerprint density at radius 1 is 0.750 bits per heavy atom. The molecule has 2 N–H and O–H groups in total. The summed E-state index contributed by atoms with van der Waals surface area (Å²) in [7, 11) is 0. The van der Waals surface area contributed by atoms with E-state index in [9.17, 15) is 9.59 Å². The number of rotatable bonds is 4. The first-order chi connectivity index (χ1) is 11.7. The minimum absolute atomic E-state index is 0.239. The number of nitrogens with zero attached hydrogens (tertiary/aromatic N) is 2. The molecule has 6 heteroatoms. The van der Waals surface area contributed by atoms with E-state index in [2.05, 4.69) is 20.6 Å². The van der Waals surface area contributed by atoms with Crippen LogP contribution in [0.3, 0.4) is 0 Å². The molecule has 1 aromatic heterocycles. The van der Waals surface area contributed by atoms with E-state index in [0.29, 0.717) is 16.8 Å². The number of carbonyl (C=O) groups excluding carboxylic acids is 2. The zero-order valence-electron chi connectivity index (χ0n) is 12.6. The molecular weight excluding hydrogens is 304 g/mol. The SMILES string of the molecule is O=C(Nc1cncnc1NC(=O)c1ccccc1)c1ccccc1. The first kappa shape index (κ1) is 15.4. The Labute approximate surface area is 138 Å². The fourth-order valence-electron chi connectivity index (χ4n) is 2.07. The van der Waals surface area contributed by atoms with Gasteiger partial charge in [0.1, 0.15) is 12.0 Å². The molecule has 2 aromatic carbocycles. The fraction of sp³-hybridized carbons (Fsp3) is 0. The maximum Gasteiger partial charge on any atom is 0.256 e. The van der Waals surface area contributed by atoms with E-state index < -0.39 is 0 Å². The number of hydrogen-bond acceptors (Lipinski definition) is 4. The normalized spacial score (nSPS) is 10.0. The molecule has 0 atom stereocenters. The Morgan fingerprint density at radius 3 is 1.88 bits per heavy atom. The minimum atomic E-state index is -0.315. The van der Waals surface area contributed by atoms with Crippen LogP contribution in [0.25, 0.3) is 0 Å². The van der Waals surface area contributed by atoms with E-state index in [4.69, 9.17) is 0 Å². The molecule has 118 valence electrons. The van der Waals surface area contributed by atoms with Crippen LogP contribution in [0.4, 0.5) is 11.5 Å². The molecule has 0 aliphatic heterocycles. The molecule has 0 spiro atoms. The number of anilines is 2. The maximum absolute atomic E-state index is 12.2. The van der Waals surface area contributed by atoms with Crippen molar-refractivity contribution in [2.24, 2.45) is 0 Å². The predicted molar refractivity (Wildman–Crippen MR) is 90.8 cm³/mol. The highest BCUT2D eigenvalue weighted by Gasteiger charge is 2.13. The molecular formula is C18H14N4O2. The van der Waals surface area contributed by atoms with Gasteiger partial charge in [0.15, 0.2) is 5.82 Å². The number of amides is 2. The smallest absolute Gasteiger partial charge is 0.256 e. The molecule has 0 aliphatic carbocycles. The number of hydrogen-bond donors (Lipinski definition) is 2. The van der Waals surface area contributed by atoms with Crippen molar-refractivity contribution < 1.29 is 9.59 Å². The van der Waals surface area contributed by atoms with Gasteiger partial charge in [0.25, 0.3) is 11.8 Å². The Balaban J connectivity index is 1.78. The lowest BCUT2D eigenvalue weighted by Gasteiger charge is -2.10. The van der Waals surface area contributed by atoms with Crippen molar-refractivity contribution in [3.8, 4) is 0 Å². The monoisotopic (exact) mass is 318 g/mol. The fourth-order valence-corrected chi connectivity index (χ4v) is 2.07. The van der Waals surface area contributed by atoms with Crippen LogP contribution in [0.5, 0.6) is 0 Å². The molecule has 0 aliphatic rings. The van der Waals surface area contributed by atoms with Gasteiger partial charge in [0, 0.05) is 11.1 Å². The van der Waals surface area contributed by atoms with Crippen molar-refractivity contribution in [2.45, 2.75) is 0 Å². The lowest BCUT2D eigenvalue weighted by Crippen LogP contribution is -2.18. The summed E-state index contributed by atoms with van der Waals surface area (Å²) >= 11 is 0. The van der Waals surface area contributed by atoms with E-state index >= 15 is 0 Å². The van der Waals surface area contributed by atoms with E-state index in [1.54, 1.807) is 48.5 Å². The van der Waals surface area contributed by atoms with Gasteiger partial charge in [0.2, 0.25) is 0 Å². The Bertz CT molecular complexity index is 779. The minimum Gasteiger partial charge on any atom is -0.318 e. The van der Waals surface area contributed by atoms with Gasteiger partial charge in [-0.15, -0.1) is 0 Å². The number of carbonyl (C=O) groups is 2. The third kappa shape index (κ3) is 3.61. The molecule has 0 saturated carbocycles. The highest BCUT2D eigenvalue weighted by molar-refractivity contribution is 6.09. The van der Waals surface area contributed by atoms with E-state index in [-0.39, 0.29) is 17.6 Å². The first-order valence-corrected chi connectivity index (χ1v) is 7.27. The van der Waals surface area contributed by atoms with Gasteiger partial charge in [-0.2, -0.15) is 0 Å². The third-order valence-electron chi connectivity index (χ3n) is 3.26. The Kier molecular flexibility index (Phi) is 4.57. The molecule has 3 aromatic rings. The summed E-state index contributed by atoms with van der Waals surface area (Å²) in [4.78, 5) is 32.4. The second-order valence-corrected chi connectivity index (χ2v) is 4.93. The van der Waals surface area contributed by atoms with Gasteiger partial charge in [-0.25, -0.2) is 9.97 Å². The number of benzene rings is 2. The average molecular weight is 318 g/mol. The first-order valence-electron chi connectivity index (χ1n) is 7.27. The quantitative estimate of drug-likeness (QED) is 0.774. The molecule has 6 nitrogen and oxygen atoms in total. The van der Waals surface area contributed by atoms with Crippen molar-refractivity contribution in [3.05, 3.63) is 84.3 Å². The summed E-state index contributed by atoms with van der Waals surface area (Å²) in [5.74, 6) is -0.381. The van der Waals surface area contributed by atoms with Gasteiger partial charge in [-0.05, 0) is 24.3 Å². The van der Waals surface area contributed by atoms with Crippen molar-refractivity contribution in [2.75, 3.05) is 10.6 Å². The number of aromatic nitrogens is 2. The second-order valence-electron chi connectivity index (χ2n) is 4.93. The van der Waals surface area contributed by atoms with E-state index in [1.807, 2.05) is 12.1 Å². The summed E-state index contributed by atoms with van der Waals surface area (Å²) in [6.07, 6.45) is 2.74. The van der Waals surface area contributed by atoms with Gasteiger partial charge >= 0.3 is 0 Å². The lowest BCUT2D eigenvalue weighted by atomic mass is 10.2. The molecule has 0 saturated heterocycles. The van der Waals surface area contributed by atoms with Crippen molar-refractivity contribution >= 4 is 23.3 Å². The molecule has 2 amide bonds. The standard InChI is InChI=1S/C18H14N4O2/c23-17(13-7-3-1-4-8-13)21-15-11-19-12-20-16(15)22-18(24)14-9-5-2-6-10-14/h1-12H,(H,21,23)(H,19,20,22,24). The summed E-state index contributed by atoms with van der Waals surface area (Å²) in [6.45, 7) is 0. The zero-order chi connectivity index (χ0) is 16.8. The van der Waals surface area contributed by atoms with Crippen LogP contribution in [0.1, 0.15) is 20.7 Å². The summed E-state index contributed by atoms with van der Waals surface area (Å²) in [5.41, 5.74) is 1.33.